The predicted molar refractivity (Wildman–Crippen MR) is 172 cm³/mol. The van der Waals surface area contributed by atoms with E-state index in [0.717, 1.165) is 49.4 Å². The van der Waals surface area contributed by atoms with E-state index < -0.39 is 44.0 Å². The van der Waals surface area contributed by atoms with Gasteiger partial charge in [-0.2, -0.15) is 5.10 Å². The smallest absolute Gasteiger partial charge is 0.265 e. The number of hydrogen-bond donors (Lipinski definition) is 3. The van der Waals surface area contributed by atoms with Crippen molar-refractivity contribution in [2.24, 2.45) is 0 Å². The predicted octanol–water partition coefficient (Wildman–Crippen LogP) is 7.29. The molecule has 2 fully saturated rings. The molecule has 6 rings (SSSR count). The average molecular weight is 693 g/mol. The second kappa shape index (κ2) is 12.8. The van der Waals surface area contributed by atoms with Crippen molar-refractivity contribution < 1.29 is 35.1 Å². The molecule has 0 aliphatic heterocycles. The van der Waals surface area contributed by atoms with E-state index in [1.54, 1.807) is 17.8 Å². The maximum absolute atomic E-state index is 15.8. The Bertz CT molecular complexity index is 1950. The molecule has 0 bridgehead atoms. The Balaban J connectivity index is 1.31. The van der Waals surface area contributed by atoms with Gasteiger partial charge in [-0.1, -0.05) is 0 Å². The third-order valence-corrected chi connectivity index (χ3v) is 10.4. The second-order valence-electron chi connectivity index (χ2n) is 12.8. The number of nitrogen functional groups attached to an aromatic ring is 1. The first-order valence-electron chi connectivity index (χ1n) is 15.9. The number of pyridine rings is 1. The van der Waals surface area contributed by atoms with Gasteiger partial charge in [0.1, 0.15) is 39.6 Å². The number of benzene rings is 2. The fraction of sp³-hybridized carbons (Fsp3) is 0.455. The van der Waals surface area contributed by atoms with E-state index in [1.165, 1.54) is 6.07 Å². The van der Waals surface area contributed by atoms with Gasteiger partial charge in [0.25, 0.3) is 15.9 Å². The first-order valence-corrected chi connectivity index (χ1v) is 17.4. The molecule has 2 aliphatic rings. The molecule has 2 aliphatic carbocycles. The summed E-state index contributed by atoms with van der Waals surface area (Å²) in [6.07, 6.45) is 4.46. The van der Waals surface area contributed by atoms with E-state index in [0.29, 0.717) is 17.0 Å². The van der Waals surface area contributed by atoms with E-state index in [1.807, 2.05) is 18.6 Å². The lowest BCUT2D eigenvalue weighted by molar-refractivity contribution is -0.0954. The lowest BCUT2D eigenvalue weighted by Gasteiger charge is -2.40. The molecule has 258 valence electrons. The SMILES string of the molecule is CCOc1ccc(F)c(S(=O)(=O)Nc2cc(F)c(-c3nn(C(C)C)c4c(C5CCC(NC6CC(F)(F)C6)CC5)cnc(N)c34)cc2F)c1. The molecule has 0 radical (unpaired) electrons. The lowest BCUT2D eigenvalue weighted by atomic mass is 9.80. The van der Waals surface area contributed by atoms with Crippen LogP contribution in [0.5, 0.6) is 5.75 Å². The first kappa shape index (κ1) is 33.9. The van der Waals surface area contributed by atoms with Gasteiger partial charge >= 0.3 is 0 Å². The normalized spacial score (nSPS) is 19.9. The van der Waals surface area contributed by atoms with Gasteiger partial charge in [-0.3, -0.25) is 9.40 Å². The minimum Gasteiger partial charge on any atom is -0.494 e. The van der Waals surface area contributed by atoms with Gasteiger partial charge in [0.2, 0.25) is 0 Å². The molecule has 0 amide bonds. The van der Waals surface area contributed by atoms with Crippen molar-refractivity contribution in [3.05, 3.63) is 59.5 Å². The van der Waals surface area contributed by atoms with Crippen LogP contribution in [-0.2, 0) is 10.0 Å². The number of alkyl halides is 2. The van der Waals surface area contributed by atoms with Crippen LogP contribution in [0, 0.1) is 17.5 Å². The van der Waals surface area contributed by atoms with Gasteiger partial charge in [0.15, 0.2) is 0 Å². The largest absolute Gasteiger partial charge is 0.494 e. The summed E-state index contributed by atoms with van der Waals surface area (Å²) in [4.78, 5) is 3.61. The highest BCUT2D eigenvalue weighted by Gasteiger charge is 2.46. The fourth-order valence-corrected chi connectivity index (χ4v) is 7.87. The van der Waals surface area contributed by atoms with Crippen LogP contribution in [0.1, 0.15) is 76.8 Å². The topological polar surface area (TPSA) is 124 Å². The van der Waals surface area contributed by atoms with Gasteiger partial charge in [-0.05, 0) is 76.1 Å². The molecule has 4 aromatic rings. The van der Waals surface area contributed by atoms with Crippen molar-refractivity contribution in [1.82, 2.24) is 20.1 Å². The summed E-state index contributed by atoms with van der Waals surface area (Å²) in [7, 11) is -4.68. The fourth-order valence-electron chi connectivity index (χ4n) is 6.72. The molecule has 0 saturated heterocycles. The maximum atomic E-state index is 15.8. The highest BCUT2D eigenvalue weighted by molar-refractivity contribution is 7.92. The Kier molecular flexibility index (Phi) is 9.04. The standard InChI is InChI=1S/C33H37F5N6O3S/c1-4-47-21-9-10-24(34)28(11-21)48(45,46)43-27-13-25(35)22(12-26(27)36)30-29-31(44(42-30)17(2)3)23(16-40-32(29)39)18-5-7-19(8-6-18)41-20-14-33(37,38)15-20/h9-13,16-20,41,43H,4-8,14-15H2,1-3H3,(H2,39,40). The molecular formula is C33H37F5N6O3S. The minimum atomic E-state index is -4.68. The molecule has 2 heterocycles. The van der Waals surface area contributed by atoms with E-state index in [4.69, 9.17) is 10.5 Å². The second-order valence-corrected chi connectivity index (χ2v) is 14.5. The number of halogens is 5. The Hall–Kier alpha value is -3.98. The summed E-state index contributed by atoms with van der Waals surface area (Å²) in [6.45, 7) is 5.65. The van der Waals surface area contributed by atoms with Gasteiger partial charge in [-0.25, -0.2) is 35.4 Å². The van der Waals surface area contributed by atoms with Crippen LogP contribution in [0.2, 0.25) is 0 Å². The van der Waals surface area contributed by atoms with Crippen LogP contribution in [0.3, 0.4) is 0 Å². The van der Waals surface area contributed by atoms with E-state index in [-0.39, 0.29) is 66.3 Å². The number of nitrogens with two attached hydrogens (primary N) is 1. The third kappa shape index (κ3) is 6.53. The first-order chi connectivity index (χ1) is 22.7. The maximum Gasteiger partial charge on any atom is 0.265 e. The van der Waals surface area contributed by atoms with Gasteiger partial charge < -0.3 is 15.8 Å². The van der Waals surface area contributed by atoms with Gasteiger partial charge in [0.05, 0.1) is 23.2 Å². The Morgan fingerprint density at radius 3 is 2.38 bits per heavy atom. The van der Waals surface area contributed by atoms with Crippen LogP contribution < -0.4 is 20.5 Å². The van der Waals surface area contributed by atoms with Crippen molar-refractivity contribution in [1.29, 1.82) is 0 Å². The lowest BCUT2D eigenvalue weighted by Crippen LogP contribution is -2.52. The zero-order chi connectivity index (χ0) is 34.5. The van der Waals surface area contributed by atoms with Crippen molar-refractivity contribution >= 4 is 32.4 Å². The number of hydrogen-bond acceptors (Lipinski definition) is 7. The molecule has 15 heteroatoms. The van der Waals surface area contributed by atoms with Gasteiger partial charge in [-0.15, -0.1) is 0 Å². The molecule has 9 nitrogen and oxygen atoms in total. The molecule has 0 atom stereocenters. The molecule has 0 spiro atoms. The van der Waals surface area contributed by atoms with Crippen molar-refractivity contribution in [3.63, 3.8) is 0 Å². The summed E-state index contributed by atoms with van der Waals surface area (Å²) < 4.78 is 107. The number of anilines is 2. The highest BCUT2D eigenvalue weighted by atomic mass is 32.2. The molecule has 2 saturated carbocycles. The molecular weight excluding hydrogens is 655 g/mol. The Labute approximate surface area is 275 Å². The Morgan fingerprint density at radius 1 is 1.02 bits per heavy atom. The van der Waals surface area contributed by atoms with Crippen LogP contribution in [0.25, 0.3) is 22.2 Å². The van der Waals surface area contributed by atoms with Crippen molar-refractivity contribution in [3.8, 4) is 17.0 Å². The summed E-state index contributed by atoms with van der Waals surface area (Å²) in [5.41, 5.74) is 6.88. The highest BCUT2D eigenvalue weighted by Crippen LogP contribution is 2.43. The summed E-state index contributed by atoms with van der Waals surface area (Å²) >= 11 is 0. The number of rotatable bonds is 10. The van der Waals surface area contributed by atoms with Crippen LogP contribution in [0.4, 0.5) is 33.5 Å². The van der Waals surface area contributed by atoms with E-state index in [9.17, 15) is 21.6 Å². The third-order valence-electron chi connectivity index (χ3n) is 9.06. The molecule has 48 heavy (non-hydrogen) atoms. The number of fused-ring (bicyclic) bond motifs is 1. The summed E-state index contributed by atoms with van der Waals surface area (Å²) in [5, 5.41) is 8.35. The molecule has 4 N–H and O–H groups in total. The quantitative estimate of drug-likeness (QED) is 0.149. The number of nitrogens with one attached hydrogen (secondary N) is 2. The zero-order valence-electron chi connectivity index (χ0n) is 26.7. The molecule has 2 aromatic carbocycles. The number of aromatic nitrogens is 3. The molecule has 2 aromatic heterocycles. The van der Waals surface area contributed by atoms with Crippen molar-refractivity contribution in [2.45, 2.75) is 94.2 Å². The van der Waals surface area contributed by atoms with Crippen LogP contribution in [-0.4, -0.2) is 47.8 Å². The zero-order valence-corrected chi connectivity index (χ0v) is 27.5. The van der Waals surface area contributed by atoms with Crippen LogP contribution in [0.15, 0.2) is 41.4 Å². The average Bonchev–Trinajstić information content (AvgIpc) is 3.41. The van der Waals surface area contributed by atoms with Crippen LogP contribution >= 0.6 is 0 Å². The number of sulfonamides is 1. The van der Waals surface area contributed by atoms with Gasteiger partial charge in [0, 0.05) is 54.9 Å². The monoisotopic (exact) mass is 692 g/mol. The summed E-state index contributed by atoms with van der Waals surface area (Å²) in [5.74, 6) is -5.61. The van der Waals surface area contributed by atoms with E-state index in [2.05, 4.69) is 15.4 Å². The minimum absolute atomic E-state index is 0.0353. The Morgan fingerprint density at radius 2 is 1.73 bits per heavy atom. The summed E-state index contributed by atoms with van der Waals surface area (Å²) in [6, 6.07) is 4.35. The van der Waals surface area contributed by atoms with Crippen molar-refractivity contribution in [2.75, 3.05) is 17.1 Å². The number of nitrogens with zero attached hydrogens (tertiary/aromatic N) is 3. The number of ether oxygens (including phenoxy) is 1. The molecule has 0 unspecified atom stereocenters. The van der Waals surface area contributed by atoms with E-state index >= 15 is 8.78 Å².